The van der Waals surface area contributed by atoms with Crippen LogP contribution in [-0.2, 0) is 26.9 Å². The van der Waals surface area contributed by atoms with Gasteiger partial charge in [0.1, 0.15) is 0 Å². The van der Waals surface area contributed by atoms with E-state index in [4.69, 9.17) is 0 Å². The molecule has 2 heterocycles. The lowest BCUT2D eigenvalue weighted by Crippen LogP contribution is -2.26. The molecule has 2 rings (SSSR count). The zero-order valence-electron chi connectivity index (χ0n) is 12.5. The van der Waals surface area contributed by atoms with Crippen molar-refractivity contribution >= 4 is 15.9 Å². The van der Waals surface area contributed by atoms with E-state index in [2.05, 4.69) is 51.4 Å². The van der Waals surface area contributed by atoms with E-state index >= 15 is 0 Å². The van der Waals surface area contributed by atoms with Gasteiger partial charge in [-0.1, -0.05) is 13.8 Å². The van der Waals surface area contributed by atoms with Gasteiger partial charge < -0.3 is 5.32 Å². The van der Waals surface area contributed by atoms with E-state index in [1.165, 1.54) is 11.4 Å². The van der Waals surface area contributed by atoms with E-state index in [-0.39, 0.29) is 6.04 Å². The molecule has 0 spiro atoms. The summed E-state index contributed by atoms with van der Waals surface area (Å²) in [7, 11) is 3.99. The molecule has 0 aliphatic carbocycles. The number of hydrogen-bond donors (Lipinski definition) is 1. The standard InChI is InChI=1S/C14H22BrN5/c1-5-10-14(15)13(20(4)18-10)9-11(16-6-2)12-7-8-17-19(12)3/h7-8,11,16H,5-6,9H2,1-4H3. The third kappa shape index (κ3) is 2.96. The zero-order valence-corrected chi connectivity index (χ0v) is 14.1. The number of aromatic nitrogens is 4. The van der Waals surface area contributed by atoms with Gasteiger partial charge in [0.2, 0.25) is 0 Å². The average molecular weight is 340 g/mol. The van der Waals surface area contributed by atoms with Crippen molar-refractivity contribution in [1.29, 1.82) is 0 Å². The van der Waals surface area contributed by atoms with Gasteiger partial charge in [-0.15, -0.1) is 0 Å². The van der Waals surface area contributed by atoms with E-state index in [0.717, 1.165) is 29.6 Å². The van der Waals surface area contributed by atoms with Crippen LogP contribution in [0, 0.1) is 0 Å². The largest absolute Gasteiger partial charge is 0.309 e. The average Bonchev–Trinajstić information content (AvgIpc) is 2.96. The predicted molar refractivity (Wildman–Crippen MR) is 83.6 cm³/mol. The van der Waals surface area contributed by atoms with Crippen molar-refractivity contribution in [2.45, 2.75) is 32.7 Å². The molecule has 0 fully saturated rings. The third-order valence-corrected chi connectivity index (χ3v) is 4.48. The fourth-order valence-corrected chi connectivity index (χ4v) is 3.27. The highest BCUT2D eigenvalue weighted by Gasteiger charge is 2.20. The van der Waals surface area contributed by atoms with Crippen molar-refractivity contribution in [1.82, 2.24) is 24.9 Å². The minimum absolute atomic E-state index is 0.240. The van der Waals surface area contributed by atoms with Crippen LogP contribution in [0.4, 0.5) is 0 Å². The van der Waals surface area contributed by atoms with E-state index in [9.17, 15) is 0 Å². The normalized spacial score (nSPS) is 12.8. The minimum atomic E-state index is 0.240. The Kier molecular flexibility index (Phi) is 4.99. The first-order valence-electron chi connectivity index (χ1n) is 6.99. The summed E-state index contributed by atoms with van der Waals surface area (Å²) in [6.07, 6.45) is 3.67. The van der Waals surface area contributed by atoms with Crippen molar-refractivity contribution in [3.8, 4) is 0 Å². The van der Waals surface area contributed by atoms with Crippen LogP contribution in [0.15, 0.2) is 16.7 Å². The van der Waals surface area contributed by atoms with Crippen molar-refractivity contribution < 1.29 is 0 Å². The van der Waals surface area contributed by atoms with Crippen LogP contribution in [0.5, 0.6) is 0 Å². The second-order valence-corrected chi connectivity index (χ2v) is 5.67. The molecule has 0 aromatic carbocycles. The Labute approximate surface area is 128 Å². The maximum Gasteiger partial charge on any atom is 0.0766 e. The van der Waals surface area contributed by atoms with Crippen LogP contribution in [0.1, 0.15) is 37.0 Å². The SMILES string of the molecule is CCNC(Cc1c(Br)c(CC)nn1C)c1ccnn1C. The maximum atomic E-state index is 4.57. The molecule has 0 bridgehead atoms. The number of hydrogen-bond acceptors (Lipinski definition) is 3. The molecule has 0 saturated carbocycles. The number of likely N-dealkylation sites (N-methyl/N-ethyl adjacent to an activating group) is 1. The number of nitrogens with zero attached hydrogens (tertiary/aromatic N) is 4. The Morgan fingerprint density at radius 2 is 2.05 bits per heavy atom. The first-order valence-corrected chi connectivity index (χ1v) is 7.79. The van der Waals surface area contributed by atoms with Crippen LogP contribution in [-0.4, -0.2) is 26.1 Å². The molecule has 1 unspecified atom stereocenters. The Balaban J connectivity index is 2.29. The van der Waals surface area contributed by atoms with Gasteiger partial charge in [0, 0.05) is 26.7 Å². The summed E-state index contributed by atoms with van der Waals surface area (Å²) in [5.74, 6) is 0. The lowest BCUT2D eigenvalue weighted by Gasteiger charge is -2.18. The van der Waals surface area contributed by atoms with Gasteiger partial charge in [0.25, 0.3) is 0 Å². The van der Waals surface area contributed by atoms with Crippen molar-refractivity contribution in [2.75, 3.05) is 6.54 Å². The second kappa shape index (κ2) is 6.54. The summed E-state index contributed by atoms with van der Waals surface area (Å²) in [5.41, 5.74) is 3.52. The lowest BCUT2D eigenvalue weighted by atomic mass is 10.1. The number of rotatable bonds is 6. The smallest absolute Gasteiger partial charge is 0.0766 e. The second-order valence-electron chi connectivity index (χ2n) is 4.88. The molecule has 1 N–H and O–H groups in total. The summed E-state index contributed by atoms with van der Waals surface area (Å²) in [5, 5.41) is 12.4. The van der Waals surface area contributed by atoms with Crippen LogP contribution in [0.25, 0.3) is 0 Å². The van der Waals surface area contributed by atoms with Crippen molar-refractivity contribution in [3.05, 3.63) is 33.8 Å². The third-order valence-electron chi connectivity index (χ3n) is 3.57. The molecule has 0 saturated heterocycles. The lowest BCUT2D eigenvalue weighted by molar-refractivity contribution is 0.492. The monoisotopic (exact) mass is 339 g/mol. The molecule has 6 heteroatoms. The molecular weight excluding hydrogens is 318 g/mol. The number of halogens is 1. The summed E-state index contributed by atoms with van der Waals surface area (Å²) in [6.45, 7) is 5.17. The topological polar surface area (TPSA) is 47.7 Å². The Hall–Kier alpha value is -1.14. The van der Waals surface area contributed by atoms with Crippen LogP contribution < -0.4 is 5.32 Å². The molecule has 0 radical (unpaired) electrons. The van der Waals surface area contributed by atoms with E-state index < -0.39 is 0 Å². The van der Waals surface area contributed by atoms with Crippen LogP contribution in [0.2, 0.25) is 0 Å². The van der Waals surface area contributed by atoms with Gasteiger partial charge in [0.05, 0.1) is 27.6 Å². The first-order chi connectivity index (χ1) is 9.58. The van der Waals surface area contributed by atoms with Gasteiger partial charge in [-0.25, -0.2) is 0 Å². The van der Waals surface area contributed by atoms with Crippen LogP contribution >= 0.6 is 15.9 Å². The molecule has 0 aliphatic rings. The maximum absolute atomic E-state index is 4.57. The molecular formula is C14H22BrN5. The summed E-state index contributed by atoms with van der Waals surface area (Å²) in [4.78, 5) is 0. The van der Waals surface area contributed by atoms with Crippen molar-refractivity contribution in [3.63, 3.8) is 0 Å². The van der Waals surface area contributed by atoms with E-state index in [1.807, 2.05) is 29.7 Å². The molecule has 0 amide bonds. The molecule has 110 valence electrons. The fourth-order valence-electron chi connectivity index (χ4n) is 2.49. The Bertz CT molecular complexity index is 572. The van der Waals surface area contributed by atoms with Gasteiger partial charge in [-0.2, -0.15) is 10.2 Å². The molecule has 2 aromatic heterocycles. The minimum Gasteiger partial charge on any atom is -0.309 e. The highest BCUT2D eigenvalue weighted by molar-refractivity contribution is 9.10. The van der Waals surface area contributed by atoms with Gasteiger partial charge >= 0.3 is 0 Å². The van der Waals surface area contributed by atoms with Gasteiger partial charge in [0.15, 0.2) is 0 Å². The number of nitrogens with one attached hydrogen (secondary N) is 1. The Morgan fingerprint density at radius 3 is 2.55 bits per heavy atom. The van der Waals surface area contributed by atoms with E-state index in [1.54, 1.807) is 0 Å². The quantitative estimate of drug-likeness (QED) is 0.878. The van der Waals surface area contributed by atoms with Crippen molar-refractivity contribution in [2.24, 2.45) is 14.1 Å². The molecule has 5 nitrogen and oxygen atoms in total. The molecule has 1 atom stereocenters. The highest BCUT2D eigenvalue weighted by atomic mass is 79.9. The van der Waals surface area contributed by atoms with Gasteiger partial charge in [-0.05, 0) is 35.0 Å². The molecule has 0 aliphatic heterocycles. The molecule has 2 aromatic rings. The first kappa shape index (κ1) is 15.3. The van der Waals surface area contributed by atoms with E-state index in [0.29, 0.717) is 0 Å². The number of aryl methyl sites for hydroxylation is 3. The zero-order chi connectivity index (χ0) is 14.7. The molecule has 20 heavy (non-hydrogen) atoms. The predicted octanol–water partition coefficient (Wildman–Crippen LogP) is 2.37. The summed E-state index contributed by atoms with van der Waals surface area (Å²) < 4.78 is 5.04. The summed E-state index contributed by atoms with van der Waals surface area (Å²) in [6, 6.07) is 2.31. The highest BCUT2D eigenvalue weighted by Crippen LogP contribution is 2.26. The van der Waals surface area contributed by atoms with Crippen LogP contribution in [0.3, 0.4) is 0 Å². The summed E-state index contributed by atoms with van der Waals surface area (Å²) >= 11 is 3.69. The Morgan fingerprint density at radius 1 is 1.30 bits per heavy atom. The van der Waals surface area contributed by atoms with Gasteiger partial charge in [-0.3, -0.25) is 9.36 Å². The fraction of sp³-hybridized carbons (Fsp3) is 0.571.